The Morgan fingerprint density at radius 2 is 1.96 bits per heavy atom. The Morgan fingerprint density at radius 3 is 2.58 bits per heavy atom. The topological polar surface area (TPSA) is 76.6 Å². The van der Waals surface area contributed by atoms with Crippen molar-refractivity contribution in [2.75, 3.05) is 6.54 Å². The zero-order valence-electron chi connectivity index (χ0n) is 14.0. The summed E-state index contributed by atoms with van der Waals surface area (Å²) in [5, 5.41) is 12.8. The number of carbonyl (C=O) groups excluding carboxylic acids is 1. The Labute approximate surface area is 154 Å². The molecule has 0 aliphatic carbocycles. The van der Waals surface area contributed by atoms with Gasteiger partial charge >= 0.3 is 0 Å². The van der Waals surface area contributed by atoms with Gasteiger partial charge in [0.1, 0.15) is 5.76 Å². The highest BCUT2D eigenvalue weighted by atomic mass is 32.1. The number of nitro benzene ring substituents is 1. The highest BCUT2D eigenvalue weighted by molar-refractivity contribution is 7.09. The minimum Gasteiger partial charge on any atom is -0.467 e. The van der Waals surface area contributed by atoms with Crippen LogP contribution >= 0.6 is 11.3 Å². The number of hydrogen-bond acceptors (Lipinski definition) is 5. The van der Waals surface area contributed by atoms with Gasteiger partial charge in [0.25, 0.3) is 5.69 Å². The van der Waals surface area contributed by atoms with E-state index in [1.165, 1.54) is 17.0 Å². The van der Waals surface area contributed by atoms with Crippen molar-refractivity contribution in [2.24, 2.45) is 0 Å². The SMILES string of the molecule is O=C(Cc1ccc([N+](=O)[O-])cc1)N(CCc1cccs1)Cc1ccco1. The second-order valence-electron chi connectivity index (χ2n) is 5.82. The zero-order chi connectivity index (χ0) is 18.4. The third kappa shape index (κ3) is 4.80. The van der Waals surface area contributed by atoms with Crippen LogP contribution in [0.3, 0.4) is 0 Å². The first-order valence-corrected chi connectivity index (χ1v) is 9.05. The van der Waals surface area contributed by atoms with Crippen LogP contribution < -0.4 is 0 Å². The van der Waals surface area contributed by atoms with Crippen LogP contribution in [-0.2, 0) is 24.2 Å². The second-order valence-corrected chi connectivity index (χ2v) is 6.86. The number of hydrogen-bond donors (Lipinski definition) is 0. The minimum absolute atomic E-state index is 0.0198. The van der Waals surface area contributed by atoms with E-state index >= 15 is 0 Å². The number of furan rings is 1. The fraction of sp³-hybridized carbons (Fsp3) is 0.211. The quantitative estimate of drug-likeness (QED) is 0.442. The lowest BCUT2D eigenvalue weighted by Gasteiger charge is -2.21. The maximum Gasteiger partial charge on any atom is 0.269 e. The Morgan fingerprint density at radius 1 is 1.15 bits per heavy atom. The summed E-state index contributed by atoms with van der Waals surface area (Å²) < 4.78 is 5.38. The number of amides is 1. The molecule has 0 radical (unpaired) electrons. The maximum absolute atomic E-state index is 12.8. The third-order valence-electron chi connectivity index (χ3n) is 3.99. The first-order chi connectivity index (χ1) is 12.6. The lowest BCUT2D eigenvalue weighted by Crippen LogP contribution is -2.33. The summed E-state index contributed by atoms with van der Waals surface area (Å²) in [5.74, 6) is 0.694. The first kappa shape index (κ1) is 17.9. The molecule has 0 unspecified atom stereocenters. The van der Waals surface area contributed by atoms with Crippen molar-refractivity contribution in [1.82, 2.24) is 4.90 Å². The van der Waals surface area contributed by atoms with Crippen molar-refractivity contribution in [2.45, 2.75) is 19.4 Å². The van der Waals surface area contributed by atoms with Gasteiger partial charge in [-0.05, 0) is 35.6 Å². The molecular weight excluding hydrogens is 352 g/mol. The van der Waals surface area contributed by atoms with E-state index < -0.39 is 4.92 Å². The summed E-state index contributed by atoms with van der Waals surface area (Å²) in [6, 6.07) is 13.8. The van der Waals surface area contributed by atoms with Crippen LogP contribution in [0.15, 0.2) is 64.6 Å². The lowest BCUT2D eigenvalue weighted by atomic mass is 10.1. The molecule has 0 aliphatic heterocycles. The molecule has 0 N–H and O–H groups in total. The highest BCUT2D eigenvalue weighted by Crippen LogP contribution is 2.15. The van der Waals surface area contributed by atoms with Crippen LogP contribution in [0.4, 0.5) is 5.69 Å². The molecule has 3 aromatic rings. The van der Waals surface area contributed by atoms with Crippen LogP contribution in [0, 0.1) is 10.1 Å². The van der Waals surface area contributed by atoms with E-state index in [0.717, 1.165) is 17.7 Å². The molecular formula is C19H18N2O4S. The Balaban J connectivity index is 1.67. The molecule has 0 atom stereocenters. The fourth-order valence-corrected chi connectivity index (χ4v) is 3.30. The Bertz CT molecular complexity index is 842. The number of rotatable bonds is 8. The number of carbonyl (C=O) groups is 1. The number of benzene rings is 1. The third-order valence-corrected chi connectivity index (χ3v) is 4.93. The van der Waals surface area contributed by atoms with Gasteiger partial charge in [-0.2, -0.15) is 0 Å². The van der Waals surface area contributed by atoms with Crippen molar-refractivity contribution in [1.29, 1.82) is 0 Å². The van der Waals surface area contributed by atoms with Crippen LogP contribution in [-0.4, -0.2) is 22.3 Å². The lowest BCUT2D eigenvalue weighted by molar-refractivity contribution is -0.384. The Hall–Kier alpha value is -2.93. The number of nitro groups is 1. The molecule has 3 rings (SSSR count). The van der Waals surface area contributed by atoms with Crippen molar-refractivity contribution in [3.8, 4) is 0 Å². The normalized spacial score (nSPS) is 10.6. The van der Waals surface area contributed by atoms with Gasteiger partial charge < -0.3 is 9.32 Å². The summed E-state index contributed by atoms with van der Waals surface area (Å²) in [6.07, 6.45) is 2.57. The minimum atomic E-state index is -0.449. The van der Waals surface area contributed by atoms with E-state index in [2.05, 4.69) is 6.07 Å². The highest BCUT2D eigenvalue weighted by Gasteiger charge is 2.17. The van der Waals surface area contributed by atoms with Crippen molar-refractivity contribution >= 4 is 22.9 Å². The predicted octanol–water partition coefficient (Wildman–Crippen LogP) is 4.06. The largest absolute Gasteiger partial charge is 0.467 e. The van der Waals surface area contributed by atoms with Gasteiger partial charge in [-0.1, -0.05) is 18.2 Å². The number of thiophene rings is 1. The van der Waals surface area contributed by atoms with E-state index in [9.17, 15) is 14.9 Å². The van der Waals surface area contributed by atoms with Crippen molar-refractivity contribution in [3.05, 3.63) is 86.5 Å². The summed E-state index contributed by atoms with van der Waals surface area (Å²) in [6.45, 7) is 0.997. The Kier molecular flexibility index (Phi) is 5.80. The number of nitrogens with zero attached hydrogens (tertiary/aromatic N) is 2. The molecule has 1 amide bonds. The zero-order valence-corrected chi connectivity index (χ0v) is 14.9. The van der Waals surface area contributed by atoms with Crippen LogP contribution in [0.25, 0.3) is 0 Å². The van der Waals surface area contributed by atoms with Gasteiger partial charge in [-0.15, -0.1) is 11.3 Å². The van der Waals surface area contributed by atoms with Crippen molar-refractivity contribution in [3.63, 3.8) is 0 Å². The van der Waals surface area contributed by atoms with Crippen LogP contribution in [0.2, 0.25) is 0 Å². The van der Waals surface area contributed by atoms with Crippen LogP contribution in [0.5, 0.6) is 0 Å². The molecule has 0 saturated heterocycles. The molecule has 0 bridgehead atoms. The second kappa shape index (κ2) is 8.44. The molecule has 2 heterocycles. The van der Waals surface area contributed by atoms with Gasteiger partial charge in [0, 0.05) is 23.6 Å². The summed E-state index contributed by atoms with van der Waals surface area (Å²) >= 11 is 1.67. The molecule has 0 spiro atoms. The molecule has 6 nitrogen and oxygen atoms in total. The molecule has 1 aromatic carbocycles. The van der Waals surface area contributed by atoms with Gasteiger partial charge in [0.2, 0.25) is 5.91 Å². The molecule has 26 heavy (non-hydrogen) atoms. The molecule has 134 valence electrons. The van der Waals surface area contributed by atoms with Gasteiger partial charge in [-0.25, -0.2) is 0 Å². The monoisotopic (exact) mass is 370 g/mol. The fourth-order valence-electron chi connectivity index (χ4n) is 2.60. The van der Waals surface area contributed by atoms with E-state index in [1.54, 1.807) is 40.7 Å². The van der Waals surface area contributed by atoms with Gasteiger partial charge in [0.15, 0.2) is 0 Å². The van der Waals surface area contributed by atoms with Crippen LogP contribution in [0.1, 0.15) is 16.2 Å². The van der Waals surface area contributed by atoms with E-state index in [4.69, 9.17) is 4.42 Å². The average molecular weight is 370 g/mol. The average Bonchev–Trinajstić information content (AvgIpc) is 3.32. The summed E-state index contributed by atoms with van der Waals surface area (Å²) in [5.41, 5.74) is 0.771. The van der Waals surface area contributed by atoms with Gasteiger partial charge in [-0.3, -0.25) is 14.9 Å². The molecule has 0 saturated carbocycles. The maximum atomic E-state index is 12.8. The standard InChI is InChI=1S/C19H18N2O4S/c22-19(13-15-5-7-16(8-6-15)21(23)24)20(14-17-3-1-11-25-17)10-9-18-4-2-12-26-18/h1-8,11-12H,9-10,13-14H2. The first-order valence-electron chi connectivity index (χ1n) is 8.17. The molecule has 0 aliphatic rings. The van der Waals surface area contributed by atoms with E-state index in [0.29, 0.717) is 13.1 Å². The molecule has 0 fully saturated rings. The molecule has 7 heteroatoms. The molecule has 2 aromatic heterocycles. The van der Waals surface area contributed by atoms with Crippen molar-refractivity contribution < 1.29 is 14.1 Å². The summed E-state index contributed by atoms with van der Waals surface area (Å²) in [7, 11) is 0. The summed E-state index contributed by atoms with van der Waals surface area (Å²) in [4.78, 5) is 26.0. The van der Waals surface area contributed by atoms with E-state index in [-0.39, 0.29) is 18.0 Å². The number of non-ortho nitro benzene ring substituents is 1. The smallest absolute Gasteiger partial charge is 0.269 e. The predicted molar refractivity (Wildman–Crippen MR) is 98.9 cm³/mol. The van der Waals surface area contributed by atoms with E-state index in [1.807, 2.05) is 17.5 Å². The van der Waals surface area contributed by atoms with Gasteiger partial charge in [0.05, 0.1) is 24.2 Å².